The van der Waals surface area contributed by atoms with Gasteiger partial charge >= 0.3 is 5.69 Å². The van der Waals surface area contributed by atoms with E-state index in [1.165, 1.54) is 4.57 Å². The predicted octanol–water partition coefficient (Wildman–Crippen LogP) is 0.841. The maximum atomic E-state index is 12.5. The Morgan fingerprint density at radius 3 is 2.59 bits per heavy atom. The molecule has 2 aromatic carbocycles. The molecule has 4 rings (SSSR count). The van der Waals surface area contributed by atoms with Gasteiger partial charge in [-0.2, -0.15) is 4.98 Å². The van der Waals surface area contributed by atoms with Crippen LogP contribution in [0.25, 0.3) is 28.0 Å². The minimum Gasteiger partial charge on any atom is -0.398 e. The van der Waals surface area contributed by atoms with Gasteiger partial charge in [-0.3, -0.25) is 9.98 Å². The van der Waals surface area contributed by atoms with Crippen molar-refractivity contribution in [2.45, 2.75) is 0 Å². The molecule has 7 nitrogen and oxygen atoms in total. The normalized spacial score (nSPS) is 10.7. The highest BCUT2D eigenvalue weighted by molar-refractivity contribution is 6.53. The first-order chi connectivity index (χ1) is 13.1. The second-order valence-electron chi connectivity index (χ2n) is 6.18. The average molecular weight is 356 g/mol. The number of benzene rings is 2. The molecule has 0 aliphatic heterocycles. The van der Waals surface area contributed by atoms with Gasteiger partial charge in [-0.15, -0.1) is 0 Å². The highest BCUT2D eigenvalue weighted by Crippen LogP contribution is 2.22. The van der Waals surface area contributed by atoms with Crippen LogP contribution in [0.1, 0.15) is 0 Å². The lowest BCUT2D eigenvalue weighted by molar-refractivity contribution is 0.935. The molecular weight excluding hydrogens is 339 g/mol. The van der Waals surface area contributed by atoms with Gasteiger partial charge in [-0.25, -0.2) is 4.79 Å². The third-order valence-electron chi connectivity index (χ3n) is 4.29. The summed E-state index contributed by atoms with van der Waals surface area (Å²) in [5.41, 5.74) is 9.16. The van der Waals surface area contributed by atoms with E-state index in [2.05, 4.69) is 15.2 Å². The first-order valence-corrected chi connectivity index (χ1v) is 8.45. The molecule has 132 valence electrons. The maximum absolute atomic E-state index is 12.5. The Bertz CT molecular complexity index is 1160. The number of aromatic amines is 1. The van der Waals surface area contributed by atoms with Crippen molar-refractivity contribution >= 4 is 29.9 Å². The van der Waals surface area contributed by atoms with Gasteiger partial charge in [0.25, 0.3) is 7.41 Å². The van der Waals surface area contributed by atoms with Gasteiger partial charge in [0, 0.05) is 17.3 Å². The zero-order valence-corrected chi connectivity index (χ0v) is 14.4. The number of fused-ring (bicyclic) bond motifs is 1. The molecule has 0 atom stereocenters. The summed E-state index contributed by atoms with van der Waals surface area (Å²) in [6.45, 7) is 0. The van der Waals surface area contributed by atoms with Crippen LogP contribution in [0, 0.1) is 5.41 Å². The molecule has 0 aliphatic rings. The molecule has 2 heterocycles. The molecule has 0 aliphatic carbocycles. The van der Waals surface area contributed by atoms with Gasteiger partial charge in [0.15, 0.2) is 5.96 Å². The quantitative estimate of drug-likeness (QED) is 0.247. The number of guanidine groups is 1. The Morgan fingerprint density at radius 1 is 1.15 bits per heavy atom. The second kappa shape index (κ2) is 6.83. The van der Waals surface area contributed by atoms with Crippen molar-refractivity contribution in [2.24, 2.45) is 5.73 Å². The van der Waals surface area contributed by atoms with Gasteiger partial charge in [0.2, 0.25) is 0 Å². The maximum Gasteiger partial charge on any atom is 0.354 e. The van der Waals surface area contributed by atoms with E-state index < -0.39 is 0 Å². The van der Waals surface area contributed by atoms with Crippen LogP contribution in [0.3, 0.4) is 0 Å². The van der Waals surface area contributed by atoms with E-state index in [-0.39, 0.29) is 11.6 Å². The molecule has 27 heavy (non-hydrogen) atoms. The Balaban J connectivity index is 1.69. The van der Waals surface area contributed by atoms with Gasteiger partial charge < -0.3 is 15.9 Å². The van der Waals surface area contributed by atoms with Crippen molar-refractivity contribution in [3.05, 3.63) is 77.3 Å². The lowest BCUT2D eigenvalue weighted by atomic mass is 9.83. The standard InChI is InChI=1S/C19H17BN6O/c21-18(22)25-20-14-6-8-15(9-7-14)26-11-13-10-16(12-4-2-1-3-5-12)23-17(13)24-19(26)27/h1-11,20H,(H4,21,22,25)(H,23,24,27). The first kappa shape index (κ1) is 16.7. The van der Waals surface area contributed by atoms with Crippen LogP contribution >= 0.6 is 0 Å². The van der Waals surface area contributed by atoms with Crippen LogP contribution in [0.5, 0.6) is 0 Å². The van der Waals surface area contributed by atoms with Gasteiger partial charge in [-0.05, 0) is 23.8 Å². The largest absolute Gasteiger partial charge is 0.398 e. The molecule has 0 unspecified atom stereocenters. The van der Waals surface area contributed by atoms with E-state index in [0.717, 1.165) is 27.8 Å². The summed E-state index contributed by atoms with van der Waals surface area (Å²) in [5.74, 6) is -0.0772. The molecule has 0 bridgehead atoms. The lowest BCUT2D eigenvalue weighted by Gasteiger charge is -2.07. The monoisotopic (exact) mass is 356 g/mol. The molecule has 0 saturated carbocycles. The zero-order valence-electron chi connectivity index (χ0n) is 14.4. The highest BCUT2D eigenvalue weighted by atomic mass is 16.1. The van der Waals surface area contributed by atoms with Crippen molar-refractivity contribution in [1.82, 2.24) is 19.8 Å². The van der Waals surface area contributed by atoms with E-state index in [1.54, 1.807) is 6.20 Å². The van der Waals surface area contributed by atoms with Crippen LogP contribution < -0.4 is 22.1 Å². The van der Waals surface area contributed by atoms with Gasteiger partial charge in [0.05, 0.1) is 5.69 Å². The SMILES string of the molecule is N=C(N)NBc1ccc(-n2cc3cc(-c4ccccc4)[nH]c3nc2=O)cc1. The van der Waals surface area contributed by atoms with E-state index in [9.17, 15) is 4.79 Å². The molecule has 0 spiro atoms. The fourth-order valence-electron chi connectivity index (χ4n) is 2.92. The molecule has 2 aromatic heterocycles. The topological polar surface area (TPSA) is 113 Å². The number of nitrogens with one attached hydrogen (secondary N) is 3. The molecule has 8 heteroatoms. The van der Waals surface area contributed by atoms with E-state index >= 15 is 0 Å². The molecule has 5 N–H and O–H groups in total. The van der Waals surface area contributed by atoms with Crippen LogP contribution in [0.4, 0.5) is 0 Å². The van der Waals surface area contributed by atoms with E-state index in [1.807, 2.05) is 60.7 Å². The summed E-state index contributed by atoms with van der Waals surface area (Å²) in [7, 11) is 0.458. The minimum atomic E-state index is -0.349. The van der Waals surface area contributed by atoms with Gasteiger partial charge in [-0.1, -0.05) is 47.9 Å². The molecule has 0 amide bonds. The predicted molar refractivity (Wildman–Crippen MR) is 109 cm³/mol. The highest BCUT2D eigenvalue weighted by Gasteiger charge is 2.09. The molecule has 0 radical (unpaired) electrons. The van der Waals surface area contributed by atoms with Crippen molar-refractivity contribution < 1.29 is 0 Å². The Hall–Kier alpha value is -3.81. The smallest absolute Gasteiger partial charge is 0.354 e. The number of hydrogen-bond donors (Lipinski definition) is 4. The van der Waals surface area contributed by atoms with Crippen molar-refractivity contribution in [2.75, 3.05) is 0 Å². The number of H-pyrrole nitrogens is 1. The molecular formula is C19H17BN6O. The van der Waals surface area contributed by atoms with E-state index in [4.69, 9.17) is 11.1 Å². The summed E-state index contributed by atoms with van der Waals surface area (Å²) >= 11 is 0. The number of rotatable bonds is 4. The molecule has 0 saturated heterocycles. The molecule has 4 aromatic rings. The summed E-state index contributed by atoms with van der Waals surface area (Å²) < 4.78 is 1.52. The van der Waals surface area contributed by atoms with Crippen LogP contribution in [0.15, 0.2) is 71.7 Å². The van der Waals surface area contributed by atoms with Crippen LogP contribution in [0.2, 0.25) is 0 Å². The second-order valence-corrected chi connectivity index (χ2v) is 6.18. The third-order valence-corrected chi connectivity index (χ3v) is 4.29. The Morgan fingerprint density at radius 2 is 1.89 bits per heavy atom. The van der Waals surface area contributed by atoms with Crippen LogP contribution in [-0.2, 0) is 0 Å². The van der Waals surface area contributed by atoms with Gasteiger partial charge in [0.1, 0.15) is 5.65 Å². The summed E-state index contributed by atoms with van der Waals surface area (Å²) in [6, 6.07) is 19.3. The number of hydrogen-bond acceptors (Lipinski definition) is 3. The Labute approximate surface area is 155 Å². The zero-order chi connectivity index (χ0) is 18.8. The number of aromatic nitrogens is 3. The summed E-state index contributed by atoms with van der Waals surface area (Å²) in [5, 5.41) is 10.8. The van der Waals surface area contributed by atoms with Crippen LogP contribution in [-0.4, -0.2) is 27.9 Å². The van der Waals surface area contributed by atoms with Crippen molar-refractivity contribution in [1.29, 1.82) is 5.41 Å². The summed E-state index contributed by atoms with van der Waals surface area (Å²) in [6.07, 6.45) is 1.79. The third kappa shape index (κ3) is 3.45. The minimum absolute atomic E-state index is 0.0772. The Kier molecular flexibility index (Phi) is 4.22. The first-order valence-electron chi connectivity index (χ1n) is 8.45. The number of nitrogens with two attached hydrogens (primary N) is 1. The van der Waals surface area contributed by atoms with Crippen molar-refractivity contribution in [3.63, 3.8) is 0 Å². The fourth-order valence-corrected chi connectivity index (χ4v) is 2.92. The van der Waals surface area contributed by atoms with E-state index in [0.29, 0.717) is 13.1 Å². The summed E-state index contributed by atoms with van der Waals surface area (Å²) in [4.78, 5) is 19.8. The van der Waals surface area contributed by atoms with Crippen molar-refractivity contribution in [3.8, 4) is 16.9 Å². The lowest BCUT2D eigenvalue weighted by Crippen LogP contribution is -2.39. The fraction of sp³-hybridized carbons (Fsp3) is 0. The number of nitrogens with zero attached hydrogens (tertiary/aromatic N) is 2. The average Bonchev–Trinajstić information content (AvgIpc) is 3.10. The molecule has 0 fully saturated rings.